The summed E-state index contributed by atoms with van der Waals surface area (Å²) in [6, 6.07) is 8.65. The minimum Gasteiger partial charge on any atom is -0.497 e. The van der Waals surface area contributed by atoms with Crippen molar-refractivity contribution in [3.8, 4) is 5.75 Å². The molecule has 1 N–H and O–H groups in total. The Labute approximate surface area is 126 Å². The van der Waals surface area contributed by atoms with E-state index >= 15 is 0 Å². The Morgan fingerprint density at radius 1 is 1.33 bits per heavy atom. The summed E-state index contributed by atoms with van der Waals surface area (Å²) in [5.41, 5.74) is 1.31. The lowest BCUT2D eigenvalue weighted by Gasteiger charge is -2.19. The maximum atomic E-state index is 12.3. The molecular formula is C17H24N2O2. The smallest absolute Gasteiger partial charge is 0.224 e. The zero-order valence-electron chi connectivity index (χ0n) is 12.7. The van der Waals surface area contributed by atoms with Crippen LogP contribution < -0.4 is 10.1 Å². The van der Waals surface area contributed by atoms with E-state index in [1.54, 1.807) is 7.11 Å². The molecule has 1 aromatic rings. The third kappa shape index (κ3) is 3.38. The molecule has 2 atom stereocenters. The molecule has 2 unspecified atom stereocenters. The van der Waals surface area contributed by atoms with Crippen molar-refractivity contribution < 1.29 is 9.53 Å². The Balaban J connectivity index is 1.55. The molecule has 2 heterocycles. The summed E-state index contributed by atoms with van der Waals surface area (Å²) in [6.45, 7) is 2.81. The van der Waals surface area contributed by atoms with E-state index in [2.05, 4.69) is 17.4 Å². The topological polar surface area (TPSA) is 41.6 Å². The number of nitrogens with one attached hydrogen (secondary N) is 1. The van der Waals surface area contributed by atoms with Crippen LogP contribution in [0.3, 0.4) is 0 Å². The summed E-state index contributed by atoms with van der Waals surface area (Å²) in [5, 5.41) is 3.41. The number of rotatable bonds is 4. The molecule has 2 aliphatic heterocycles. The number of carbonyl (C=O) groups is 1. The van der Waals surface area contributed by atoms with Gasteiger partial charge in [-0.05, 0) is 43.5 Å². The van der Waals surface area contributed by atoms with Gasteiger partial charge < -0.3 is 15.0 Å². The van der Waals surface area contributed by atoms with Gasteiger partial charge in [0.1, 0.15) is 5.75 Å². The van der Waals surface area contributed by atoms with E-state index in [-0.39, 0.29) is 0 Å². The highest BCUT2D eigenvalue weighted by Crippen LogP contribution is 2.29. The highest BCUT2D eigenvalue weighted by molar-refractivity contribution is 5.77. The number of nitrogens with zero attached hydrogens (tertiary/aromatic N) is 1. The fourth-order valence-corrected chi connectivity index (χ4v) is 3.41. The molecule has 21 heavy (non-hydrogen) atoms. The van der Waals surface area contributed by atoms with Crippen LogP contribution in [0, 0.1) is 0 Å². The molecule has 0 aliphatic carbocycles. The van der Waals surface area contributed by atoms with E-state index in [4.69, 9.17) is 4.74 Å². The molecular weight excluding hydrogens is 264 g/mol. The van der Waals surface area contributed by atoms with Crippen molar-refractivity contribution in [1.82, 2.24) is 10.2 Å². The van der Waals surface area contributed by atoms with E-state index in [9.17, 15) is 4.79 Å². The summed E-state index contributed by atoms with van der Waals surface area (Å²) in [7, 11) is 1.68. The molecule has 1 amide bonds. The van der Waals surface area contributed by atoms with E-state index in [1.165, 1.54) is 12.0 Å². The average molecular weight is 288 g/mol. The lowest BCUT2D eigenvalue weighted by molar-refractivity contribution is -0.130. The molecule has 1 aromatic carbocycles. The minimum atomic E-state index is 0.311. The van der Waals surface area contributed by atoms with Gasteiger partial charge in [-0.3, -0.25) is 4.79 Å². The van der Waals surface area contributed by atoms with Gasteiger partial charge in [-0.25, -0.2) is 0 Å². The van der Waals surface area contributed by atoms with Crippen molar-refractivity contribution in [3.05, 3.63) is 29.8 Å². The molecule has 114 valence electrons. The third-order valence-electron chi connectivity index (χ3n) is 4.71. The number of amides is 1. The number of methoxy groups -OCH3 is 1. The van der Waals surface area contributed by atoms with Gasteiger partial charge in [0.25, 0.3) is 0 Å². The van der Waals surface area contributed by atoms with Gasteiger partial charge in [0.05, 0.1) is 7.11 Å². The highest BCUT2D eigenvalue weighted by atomic mass is 16.5. The molecule has 4 nitrogen and oxygen atoms in total. The van der Waals surface area contributed by atoms with Gasteiger partial charge >= 0.3 is 0 Å². The van der Waals surface area contributed by atoms with Crippen LogP contribution in [0.1, 0.15) is 37.2 Å². The predicted molar refractivity (Wildman–Crippen MR) is 82.6 cm³/mol. The molecule has 2 fully saturated rings. The second-order valence-corrected chi connectivity index (χ2v) is 6.10. The van der Waals surface area contributed by atoms with Crippen LogP contribution in [-0.2, 0) is 4.79 Å². The number of likely N-dealkylation sites (tertiary alicyclic amines) is 1. The third-order valence-corrected chi connectivity index (χ3v) is 4.71. The Bertz CT molecular complexity index is 480. The first kappa shape index (κ1) is 14.4. The SMILES string of the molecule is COc1ccc(C2CCN(C(=O)CC3CCCN3)C2)cc1. The first-order valence-electron chi connectivity index (χ1n) is 7.91. The maximum Gasteiger partial charge on any atom is 0.224 e. The Morgan fingerprint density at radius 3 is 2.81 bits per heavy atom. The fourth-order valence-electron chi connectivity index (χ4n) is 3.41. The summed E-state index contributed by atoms with van der Waals surface area (Å²) in [6.07, 6.45) is 4.07. The zero-order chi connectivity index (χ0) is 14.7. The van der Waals surface area contributed by atoms with Gasteiger partial charge in [-0.1, -0.05) is 12.1 Å². The maximum absolute atomic E-state index is 12.3. The molecule has 0 saturated carbocycles. The average Bonchev–Trinajstić information content (AvgIpc) is 3.18. The minimum absolute atomic E-state index is 0.311. The first-order valence-corrected chi connectivity index (χ1v) is 7.91. The van der Waals surface area contributed by atoms with Crippen LogP contribution in [0.2, 0.25) is 0 Å². The van der Waals surface area contributed by atoms with Crippen LogP contribution in [0.15, 0.2) is 24.3 Å². The van der Waals surface area contributed by atoms with Crippen LogP contribution in [0.5, 0.6) is 5.75 Å². The van der Waals surface area contributed by atoms with Crippen LogP contribution in [0.25, 0.3) is 0 Å². The predicted octanol–water partition coefficient (Wildman–Crippen LogP) is 2.15. The second-order valence-electron chi connectivity index (χ2n) is 6.10. The summed E-state index contributed by atoms with van der Waals surface area (Å²) in [5.74, 6) is 1.67. The van der Waals surface area contributed by atoms with Crippen molar-refractivity contribution in [1.29, 1.82) is 0 Å². The fraction of sp³-hybridized carbons (Fsp3) is 0.588. The summed E-state index contributed by atoms with van der Waals surface area (Å²) in [4.78, 5) is 14.4. The molecule has 2 aliphatic rings. The lowest BCUT2D eigenvalue weighted by atomic mass is 9.98. The van der Waals surface area contributed by atoms with Gasteiger partial charge in [-0.2, -0.15) is 0 Å². The van der Waals surface area contributed by atoms with Gasteiger partial charge in [-0.15, -0.1) is 0 Å². The van der Waals surface area contributed by atoms with E-state index in [0.717, 1.165) is 38.2 Å². The molecule has 0 bridgehead atoms. The van der Waals surface area contributed by atoms with Crippen molar-refractivity contribution >= 4 is 5.91 Å². The summed E-state index contributed by atoms with van der Waals surface area (Å²) >= 11 is 0. The summed E-state index contributed by atoms with van der Waals surface area (Å²) < 4.78 is 5.19. The second kappa shape index (κ2) is 6.48. The molecule has 2 saturated heterocycles. The van der Waals surface area contributed by atoms with Crippen LogP contribution >= 0.6 is 0 Å². The Kier molecular flexibility index (Phi) is 4.44. The number of ether oxygens (including phenoxy) is 1. The van der Waals surface area contributed by atoms with Crippen molar-refractivity contribution in [3.63, 3.8) is 0 Å². The standard InChI is InChI=1S/C17H24N2O2/c1-21-16-6-4-13(5-7-16)14-8-10-19(12-14)17(20)11-15-3-2-9-18-15/h4-7,14-15,18H,2-3,8-12H2,1H3. The van der Waals surface area contributed by atoms with E-state index < -0.39 is 0 Å². The quantitative estimate of drug-likeness (QED) is 0.923. The van der Waals surface area contributed by atoms with E-state index in [0.29, 0.717) is 24.3 Å². The number of hydrogen-bond donors (Lipinski definition) is 1. The van der Waals surface area contributed by atoms with E-state index in [1.807, 2.05) is 17.0 Å². The Morgan fingerprint density at radius 2 is 2.14 bits per heavy atom. The molecule has 0 aromatic heterocycles. The van der Waals surface area contributed by atoms with Crippen molar-refractivity contribution in [2.24, 2.45) is 0 Å². The van der Waals surface area contributed by atoms with Crippen LogP contribution in [-0.4, -0.2) is 43.6 Å². The molecule has 0 radical (unpaired) electrons. The van der Waals surface area contributed by atoms with Gasteiger partial charge in [0.2, 0.25) is 5.91 Å². The lowest BCUT2D eigenvalue weighted by Crippen LogP contribution is -2.34. The highest BCUT2D eigenvalue weighted by Gasteiger charge is 2.29. The molecule has 0 spiro atoms. The number of carbonyl (C=O) groups excluding carboxylic acids is 1. The Hall–Kier alpha value is -1.55. The number of hydrogen-bond acceptors (Lipinski definition) is 3. The van der Waals surface area contributed by atoms with Gasteiger partial charge in [0.15, 0.2) is 0 Å². The monoisotopic (exact) mass is 288 g/mol. The molecule has 3 rings (SSSR count). The normalized spacial score (nSPS) is 25.3. The largest absolute Gasteiger partial charge is 0.497 e. The van der Waals surface area contributed by atoms with Crippen LogP contribution in [0.4, 0.5) is 0 Å². The van der Waals surface area contributed by atoms with Crippen molar-refractivity contribution in [2.75, 3.05) is 26.7 Å². The van der Waals surface area contributed by atoms with Crippen molar-refractivity contribution in [2.45, 2.75) is 37.6 Å². The van der Waals surface area contributed by atoms with Gasteiger partial charge in [0, 0.05) is 31.5 Å². The molecule has 4 heteroatoms. The number of benzene rings is 1. The first-order chi connectivity index (χ1) is 10.3. The zero-order valence-corrected chi connectivity index (χ0v) is 12.7.